The molecule has 0 aliphatic heterocycles. The number of methoxy groups -OCH3 is 1. The Labute approximate surface area is 156 Å². The minimum atomic E-state index is -0.446. The van der Waals surface area contributed by atoms with E-state index < -0.39 is 5.97 Å². The van der Waals surface area contributed by atoms with Crippen molar-refractivity contribution < 1.29 is 14.3 Å². The number of pyridine rings is 1. The van der Waals surface area contributed by atoms with Crippen LogP contribution in [0.25, 0.3) is 5.82 Å². The second-order valence-electron chi connectivity index (χ2n) is 5.71. The number of nitriles is 1. The van der Waals surface area contributed by atoms with Crippen LogP contribution in [0.3, 0.4) is 0 Å². The third-order valence-electron chi connectivity index (χ3n) is 4.08. The topological polar surface area (TPSA) is 90.0 Å². The second kappa shape index (κ2) is 8.15. The van der Waals surface area contributed by atoms with Crippen molar-refractivity contribution in [3.63, 3.8) is 0 Å². The van der Waals surface area contributed by atoms with E-state index in [1.54, 1.807) is 30.5 Å². The summed E-state index contributed by atoms with van der Waals surface area (Å²) in [7, 11) is 1.33. The predicted octanol–water partition coefficient (Wildman–Crippen LogP) is 3.07. The van der Waals surface area contributed by atoms with Crippen LogP contribution in [0.5, 0.6) is 5.88 Å². The van der Waals surface area contributed by atoms with Crippen LogP contribution in [0, 0.1) is 11.3 Å². The van der Waals surface area contributed by atoms with Gasteiger partial charge in [0.15, 0.2) is 5.82 Å². The molecule has 0 atom stereocenters. The highest BCUT2D eigenvalue weighted by Crippen LogP contribution is 2.20. The number of esters is 1. The number of nitrogens with zero attached hydrogens (tertiary/aromatic N) is 4. The summed E-state index contributed by atoms with van der Waals surface area (Å²) < 4.78 is 12.2. The molecule has 0 unspecified atom stereocenters. The highest BCUT2D eigenvalue weighted by Gasteiger charge is 2.12. The van der Waals surface area contributed by atoms with E-state index in [0.29, 0.717) is 29.4 Å². The van der Waals surface area contributed by atoms with Gasteiger partial charge in [-0.25, -0.2) is 9.78 Å². The van der Waals surface area contributed by atoms with Gasteiger partial charge in [-0.3, -0.25) is 0 Å². The first-order valence-corrected chi connectivity index (χ1v) is 8.39. The van der Waals surface area contributed by atoms with Gasteiger partial charge in [-0.2, -0.15) is 15.0 Å². The summed E-state index contributed by atoms with van der Waals surface area (Å²) in [6, 6.07) is 12.6. The van der Waals surface area contributed by atoms with Crippen LogP contribution >= 0.6 is 0 Å². The van der Waals surface area contributed by atoms with Gasteiger partial charge in [0, 0.05) is 12.3 Å². The van der Waals surface area contributed by atoms with E-state index in [2.05, 4.69) is 16.2 Å². The largest absolute Gasteiger partial charge is 0.473 e. The van der Waals surface area contributed by atoms with Gasteiger partial charge in [0.1, 0.15) is 6.61 Å². The molecule has 0 saturated carbocycles. The molecule has 2 aromatic heterocycles. The Bertz CT molecular complexity index is 1000. The smallest absolute Gasteiger partial charge is 0.338 e. The van der Waals surface area contributed by atoms with Crippen molar-refractivity contribution in [3.8, 4) is 17.8 Å². The molecule has 3 aromatic rings. The monoisotopic (exact) mass is 362 g/mol. The molecule has 0 fully saturated rings. The Morgan fingerprint density at radius 3 is 2.78 bits per heavy atom. The van der Waals surface area contributed by atoms with Gasteiger partial charge >= 0.3 is 5.97 Å². The van der Waals surface area contributed by atoms with E-state index in [1.165, 1.54) is 18.0 Å². The zero-order valence-corrected chi connectivity index (χ0v) is 15.0. The van der Waals surface area contributed by atoms with Crippen LogP contribution in [0.2, 0.25) is 0 Å². The molecular formula is C20H18N4O3. The minimum Gasteiger partial charge on any atom is -0.473 e. The molecule has 0 spiro atoms. The maximum absolute atomic E-state index is 11.7. The Hall–Kier alpha value is -3.66. The minimum absolute atomic E-state index is 0.331. The predicted molar refractivity (Wildman–Crippen MR) is 97.6 cm³/mol. The molecule has 136 valence electrons. The Kier molecular flexibility index (Phi) is 5.47. The zero-order chi connectivity index (χ0) is 19.2. The van der Waals surface area contributed by atoms with Gasteiger partial charge in [-0.05, 0) is 41.8 Å². The van der Waals surface area contributed by atoms with Gasteiger partial charge in [-0.1, -0.05) is 13.0 Å². The number of rotatable bonds is 6. The fraction of sp³-hybridized carbons (Fsp3) is 0.200. The lowest BCUT2D eigenvalue weighted by Crippen LogP contribution is -2.08. The Balaban J connectivity index is 1.83. The number of carbonyl (C=O) groups excluding carboxylic acids is 1. The van der Waals surface area contributed by atoms with Crippen molar-refractivity contribution in [2.45, 2.75) is 20.0 Å². The number of benzene rings is 1. The molecular weight excluding hydrogens is 344 g/mol. The summed E-state index contributed by atoms with van der Waals surface area (Å²) in [5.74, 6) is 0.503. The lowest BCUT2D eigenvalue weighted by atomic mass is 10.0. The fourth-order valence-corrected chi connectivity index (χ4v) is 2.67. The summed E-state index contributed by atoms with van der Waals surface area (Å²) in [6.07, 6.45) is 3.92. The van der Waals surface area contributed by atoms with Gasteiger partial charge < -0.3 is 9.47 Å². The fourth-order valence-electron chi connectivity index (χ4n) is 2.67. The molecule has 0 aliphatic carbocycles. The lowest BCUT2D eigenvalue weighted by molar-refractivity contribution is 0.0600. The quantitative estimate of drug-likeness (QED) is 0.626. The number of aromatic nitrogens is 3. The molecule has 0 saturated heterocycles. The third-order valence-corrected chi connectivity index (χ3v) is 4.08. The molecule has 0 bridgehead atoms. The van der Waals surface area contributed by atoms with Crippen LogP contribution in [0.15, 0.2) is 48.8 Å². The maximum Gasteiger partial charge on any atom is 0.338 e. The first-order valence-electron chi connectivity index (χ1n) is 8.39. The summed E-state index contributed by atoms with van der Waals surface area (Å²) in [5, 5.41) is 13.3. The first kappa shape index (κ1) is 18.1. The van der Waals surface area contributed by atoms with Gasteiger partial charge in [0.2, 0.25) is 5.88 Å². The molecule has 0 radical (unpaired) electrons. The van der Waals surface area contributed by atoms with E-state index in [-0.39, 0.29) is 0 Å². The van der Waals surface area contributed by atoms with E-state index in [0.717, 1.165) is 17.5 Å². The number of aryl methyl sites for hydroxylation is 1. The number of ether oxygens (including phenoxy) is 2. The highest BCUT2D eigenvalue weighted by molar-refractivity contribution is 5.89. The van der Waals surface area contributed by atoms with E-state index in [4.69, 9.17) is 14.7 Å². The Morgan fingerprint density at radius 2 is 2.04 bits per heavy atom. The molecule has 7 heteroatoms. The molecule has 7 nitrogen and oxygen atoms in total. The van der Waals surface area contributed by atoms with Crippen molar-refractivity contribution in [1.29, 1.82) is 5.26 Å². The molecule has 3 rings (SSSR count). The molecule has 0 aliphatic rings. The van der Waals surface area contributed by atoms with Crippen molar-refractivity contribution in [3.05, 3.63) is 71.0 Å². The van der Waals surface area contributed by atoms with Gasteiger partial charge in [-0.15, -0.1) is 0 Å². The Morgan fingerprint density at radius 1 is 1.19 bits per heavy atom. The first-order chi connectivity index (χ1) is 13.2. The highest BCUT2D eigenvalue weighted by atomic mass is 16.5. The summed E-state index contributed by atoms with van der Waals surface area (Å²) in [4.78, 5) is 16.0. The SMILES string of the molecule is CCc1cc(C#N)ccc1COc1ccnn1-c1cc(C(=O)OC)ccn1. The zero-order valence-electron chi connectivity index (χ0n) is 15.0. The van der Waals surface area contributed by atoms with E-state index >= 15 is 0 Å². The molecule has 1 aromatic carbocycles. The molecule has 2 heterocycles. The standard InChI is InChI=1S/C20H18N4O3/c1-3-15-10-14(12-21)4-5-17(15)13-27-19-7-9-23-24(19)18-11-16(6-8-22-18)20(25)26-2/h4-11H,3,13H2,1-2H3. The summed E-state index contributed by atoms with van der Waals surface area (Å²) in [6.45, 7) is 2.36. The normalized spacial score (nSPS) is 10.3. The van der Waals surface area contributed by atoms with Crippen molar-refractivity contribution in [2.75, 3.05) is 7.11 Å². The third kappa shape index (κ3) is 3.96. The molecule has 0 N–H and O–H groups in total. The molecule has 27 heavy (non-hydrogen) atoms. The van der Waals surface area contributed by atoms with E-state index in [1.807, 2.05) is 19.1 Å². The van der Waals surface area contributed by atoms with Crippen LogP contribution in [-0.2, 0) is 17.8 Å². The number of hydrogen-bond acceptors (Lipinski definition) is 6. The average molecular weight is 362 g/mol. The second-order valence-corrected chi connectivity index (χ2v) is 5.71. The van der Waals surface area contributed by atoms with Crippen LogP contribution < -0.4 is 4.74 Å². The van der Waals surface area contributed by atoms with Crippen molar-refractivity contribution in [1.82, 2.24) is 14.8 Å². The summed E-state index contributed by atoms with van der Waals surface area (Å²) >= 11 is 0. The molecule has 0 amide bonds. The van der Waals surface area contributed by atoms with Gasteiger partial charge in [0.25, 0.3) is 0 Å². The number of hydrogen-bond donors (Lipinski definition) is 0. The van der Waals surface area contributed by atoms with Crippen molar-refractivity contribution >= 4 is 5.97 Å². The van der Waals surface area contributed by atoms with E-state index in [9.17, 15) is 4.79 Å². The lowest BCUT2D eigenvalue weighted by Gasteiger charge is -2.12. The maximum atomic E-state index is 11.7. The van der Waals surface area contributed by atoms with Crippen LogP contribution in [0.4, 0.5) is 0 Å². The van der Waals surface area contributed by atoms with Crippen LogP contribution in [-0.4, -0.2) is 27.8 Å². The van der Waals surface area contributed by atoms with Crippen LogP contribution in [0.1, 0.15) is 34.0 Å². The average Bonchev–Trinajstić information content (AvgIpc) is 3.20. The summed E-state index contributed by atoms with van der Waals surface area (Å²) in [5.41, 5.74) is 3.07. The van der Waals surface area contributed by atoms with Crippen molar-refractivity contribution in [2.24, 2.45) is 0 Å². The number of carbonyl (C=O) groups is 1. The van der Waals surface area contributed by atoms with Gasteiger partial charge in [0.05, 0.1) is 30.5 Å².